The van der Waals surface area contributed by atoms with Crippen LogP contribution < -0.4 is 5.32 Å². The SMILES string of the molecule is Cc1ccc(C)c(CC(=O)N(Cc2ccc(Cl)c(Cl)c2)C(Cc2ccccc2)C(=O)NCC(C)C)c1. The molecule has 0 bridgehead atoms. The lowest BCUT2D eigenvalue weighted by molar-refractivity contribution is -0.140. The third-order valence-corrected chi connectivity index (χ3v) is 6.88. The number of amides is 2. The summed E-state index contributed by atoms with van der Waals surface area (Å²) >= 11 is 12.4. The summed E-state index contributed by atoms with van der Waals surface area (Å²) in [4.78, 5) is 29.1. The van der Waals surface area contributed by atoms with Crippen LogP contribution in [0.5, 0.6) is 0 Å². The van der Waals surface area contributed by atoms with Crippen LogP contribution in [-0.2, 0) is 29.0 Å². The Bertz CT molecular complexity index is 1190. The molecule has 6 heteroatoms. The van der Waals surface area contributed by atoms with E-state index >= 15 is 0 Å². The molecule has 0 fully saturated rings. The standard InChI is InChI=1S/C30H34Cl2N2O2/c1-20(2)18-33-30(36)28(16-23-8-6-5-7-9-23)34(19-24-12-13-26(31)27(32)15-24)29(35)17-25-14-21(3)10-11-22(25)4/h5-15,20,28H,16-19H2,1-4H3,(H,33,36). The topological polar surface area (TPSA) is 49.4 Å². The Morgan fingerprint density at radius 2 is 1.61 bits per heavy atom. The third-order valence-electron chi connectivity index (χ3n) is 6.14. The van der Waals surface area contributed by atoms with Gasteiger partial charge >= 0.3 is 0 Å². The summed E-state index contributed by atoms with van der Waals surface area (Å²) in [5.41, 5.74) is 4.90. The van der Waals surface area contributed by atoms with Crippen molar-refractivity contribution in [2.75, 3.05) is 6.54 Å². The highest BCUT2D eigenvalue weighted by molar-refractivity contribution is 6.42. The number of halogens is 2. The first-order chi connectivity index (χ1) is 17.1. The molecule has 2 amide bonds. The second kappa shape index (κ2) is 12.9. The van der Waals surface area contributed by atoms with Crippen LogP contribution in [0.25, 0.3) is 0 Å². The van der Waals surface area contributed by atoms with Crippen molar-refractivity contribution in [1.82, 2.24) is 10.2 Å². The van der Waals surface area contributed by atoms with Gasteiger partial charge in [-0.3, -0.25) is 9.59 Å². The fourth-order valence-electron chi connectivity index (χ4n) is 4.07. The van der Waals surface area contributed by atoms with Gasteiger partial charge in [0.25, 0.3) is 0 Å². The molecule has 3 rings (SSSR count). The molecule has 0 aliphatic carbocycles. The number of carbonyl (C=O) groups is 2. The Labute approximate surface area is 224 Å². The first-order valence-electron chi connectivity index (χ1n) is 12.2. The van der Waals surface area contributed by atoms with E-state index in [1.54, 1.807) is 17.0 Å². The van der Waals surface area contributed by atoms with Crippen molar-refractivity contribution in [2.45, 2.75) is 53.1 Å². The molecule has 36 heavy (non-hydrogen) atoms. The molecular weight excluding hydrogens is 491 g/mol. The van der Waals surface area contributed by atoms with E-state index in [2.05, 4.69) is 5.32 Å². The molecular formula is C30H34Cl2N2O2. The van der Waals surface area contributed by atoms with Crippen molar-refractivity contribution in [3.63, 3.8) is 0 Å². The number of rotatable bonds is 10. The molecule has 3 aromatic carbocycles. The average molecular weight is 526 g/mol. The van der Waals surface area contributed by atoms with Crippen LogP contribution in [0.4, 0.5) is 0 Å². The van der Waals surface area contributed by atoms with E-state index in [9.17, 15) is 9.59 Å². The van der Waals surface area contributed by atoms with E-state index in [-0.39, 0.29) is 24.8 Å². The highest BCUT2D eigenvalue weighted by Crippen LogP contribution is 2.25. The Morgan fingerprint density at radius 3 is 2.28 bits per heavy atom. The van der Waals surface area contributed by atoms with Crippen LogP contribution in [0.15, 0.2) is 66.7 Å². The van der Waals surface area contributed by atoms with E-state index in [0.29, 0.717) is 28.9 Å². The van der Waals surface area contributed by atoms with E-state index in [1.807, 2.05) is 82.3 Å². The highest BCUT2D eigenvalue weighted by Gasteiger charge is 2.30. The lowest BCUT2D eigenvalue weighted by Crippen LogP contribution is -2.51. The van der Waals surface area contributed by atoms with Gasteiger partial charge in [0.1, 0.15) is 6.04 Å². The summed E-state index contributed by atoms with van der Waals surface area (Å²) in [5, 5.41) is 3.91. The summed E-state index contributed by atoms with van der Waals surface area (Å²) in [7, 11) is 0. The van der Waals surface area contributed by atoms with Crippen LogP contribution in [0.2, 0.25) is 10.0 Å². The molecule has 1 N–H and O–H groups in total. The van der Waals surface area contributed by atoms with Gasteiger partial charge in [-0.2, -0.15) is 0 Å². The summed E-state index contributed by atoms with van der Waals surface area (Å²) < 4.78 is 0. The molecule has 190 valence electrons. The first-order valence-corrected chi connectivity index (χ1v) is 13.0. The minimum atomic E-state index is -0.682. The molecule has 4 nitrogen and oxygen atoms in total. The quantitative estimate of drug-likeness (QED) is 0.326. The Morgan fingerprint density at radius 1 is 0.889 bits per heavy atom. The number of hydrogen-bond donors (Lipinski definition) is 1. The van der Waals surface area contributed by atoms with Crippen molar-refractivity contribution < 1.29 is 9.59 Å². The van der Waals surface area contributed by atoms with E-state index in [4.69, 9.17) is 23.2 Å². The molecule has 1 unspecified atom stereocenters. The Kier molecular flexibility index (Phi) is 9.98. The van der Waals surface area contributed by atoms with Crippen LogP contribution in [-0.4, -0.2) is 29.3 Å². The molecule has 0 aliphatic heterocycles. The Balaban J connectivity index is 2.00. The molecule has 0 aliphatic rings. The average Bonchev–Trinajstić information content (AvgIpc) is 2.84. The molecule has 0 radical (unpaired) electrons. The van der Waals surface area contributed by atoms with E-state index in [0.717, 1.165) is 27.8 Å². The van der Waals surface area contributed by atoms with Crippen LogP contribution in [0.1, 0.15) is 41.7 Å². The molecule has 0 heterocycles. The zero-order valence-electron chi connectivity index (χ0n) is 21.4. The Hall–Kier alpha value is -2.82. The maximum atomic E-state index is 13.9. The zero-order valence-corrected chi connectivity index (χ0v) is 22.9. The number of hydrogen-bond acceptors (Lipinski definition) is 2. The second-order valence-electron chi connectivity index (χ2n) is 9.72. The van der Waals surface area contributed by atoms with Crippen molar-refractivity contribution in [3.8, 4) is 0 Å². The second-order valence-corrected chi connectivity index (χ2v) is 10.5. The summed E-state index contributed by atoms with van der Waals surface area (Å²) in [6, 6.07) is 20.5. The number of aryl methyl sites for hydroxylation is 2. The normalized spacial score (nSPS) is 11.9. The van der Waals surface area contributed by atoms with Crippen LogP contribution in [0, 0.1) is 19.8 Å². The largest absolute Gasteiger partial charge is 0.354 e. The molecule has 0 aromatic heterocycles. The number of nitrogens with one attached hydrogen (secondary N) is 1. The van der Waals surface area contributed by atoms with Gasteiger partial charge in [-0.15, -0.1) is 0 Å². The first kappa shape index (κ1) is 27.8. The van der Waals surface area contributed by atoms with E-state index in [1.165, 1.54) is 0 Å². The smallest absolute Gasteiger partial charge is 0.243 e. The monoisotopic (exact) mass is 524 g/mol. The molecule has 0 spiro atoms. The van der Waals surface area contributed by atoms with Crippen molar-refractivity contribution >= 4 is 35.0 Å². The van der Waals surface area contributed by atoms with E-state index < -0.39 is 6.04 Å². The van der Waals surface area contributed by atoms with Gasteiger partial charge < -0.3 is 10.2 Å². The summed E-state index contributed by atoms with van der Waals surface area (Å²) in [6.07, 6.45) is 0.613. The van der Waals surface area contributed by atoms with Crippen LogP contribution in [0.3, 0.4) is 0 Å². The van der Waals surface area contributed by atoms with Gasteiger partial charge in [0.15, 0.2) is 0 Å². The van der Waals surface area contributed by atoms with Gasteiger partial charge in [0, 0.05) is 19.5 Å². The number of carbonyl (C=O) groups excluding carboxylic acids is 2. The van der Waals surface area contributed by atoms with Crippen LogP contribution >= 0.6 is 23.2 Å². The molecule has 3 aromatic rings. The lowest BCUT2D eigenvalue weighted by Gasteiger charge is -2.32. The minimum absolute atomic E-state index is 0.115. The number of nitrogens with zero attached hydrogens (tertiary/aromatic N) is 1. The van der Waals surface area contributed by atoms with Gasteiger partial charge in [-0.25, -0.2) is 0 Å². The van der Waals surface area contributed by atoms with Gasteiger partial charge in [-0.05, 0) is 54.2 Å². The maximum absolute atomic E-state index is 13.9. The number of benzene rings is 3. The van der Waals surface area contributed by atoms with Gasteiger partial charge in [-0.1, -0.05) is 97.2 Å². The van der Waals surface area contributed by atoms with Gasteiger partial charge in [0.05, 0.1) is 16.5 Å². The summed E-state index contributed by atoms with van der Waals surface area (Å²) in [6.45, 7) is 8.89. The van der Waals surface area contributed by atoms with Crippen molar-refractivity contribution in [3.05, 3.63) is 105 Å². The fraction of sp³-hybridized carbons (Fsp3) is 0.333. The molecule has 0 saturated heterocycles. The zero-order chi connectivity index (χ0) is 26.2. The molecule has 0 saturated carbocycles. The molecule has 1 atom stereocenters. The lowest BCUT2D eigenvalue weighted by atomic mass is 9.99. The summed E-state index contributed by atoms with van der Waals surface area (Å²) in [5.74, 6) is 0.0119. The predicted molar refractivity (Wildman–Crippen MR) is 148 cm³/mol. The fourth-order valence-corrected chi connectivity index (χ4v) is 4.39. The minimum Gasteiger partial charge on any atom is -0.354 e. The highest BCUT2D eigenvalue weighted by atomic mass is 35.5. The predicted octanol–water partition coefficient (Wildman–Crippen LogP) is 6.57. The maximum Gasteiger partial charge on any atom is 0.243 e. The van der Waals surface area contributed by atoms with Gasteiger partial charge in [0.2, 0.25) is 11.8 Å². The third kappa shape index (κ3) is 7.84. The van der Waals surface area contributed by atoms with Crippen molar-refractivity contribution in [1.29, 1.82) is 0 Å². The van der Waals surface area contributed by atoms with Crippen molar-refractivity contribution in [2.24, 2.45) is 5.92 Å².